The second-order valence-electron chi connectivity index (χ2n) is 4.02. The summed E-state index contributed by atoms with van der Waals surface area (Å²) in [5, 5.41) is 18.1. The standard InChI is InChI=1S/C9H19NO6S/c1-9(13,4-5-16-2)7-10-17(14,15)6-3-8(11)12/h10,13H,3-7H2,1-2H3,(H,11,12). The molecule has 0 radical (unpaired) electrons. The molecule has 7 nitrogen and oxygen atoms in total. The first-order valence-electron chi connectivity index (χ1n) is 5.09. The summed E-state index contributed by atoms with van der Waals surface area (Å²) in [6.07, 6.45) is -0.180. The van der Waals surface area contributed by atoms with Gasteiger partial charge in [0, 0.05) is 26.7 Å². The summed E-state index contributed by atoms with van der Waals surface area (Å²) < 4.78 is 29.6. The fourth-order valence-electron chi connectivity index (χ4n) is 0.970. The molecular weight excluding hydrogens is 250 g/mol. The average Bonchev–Trinajstić information content (AvgIpc) is 2.22. The van der Waals surface area contributed by atoms with Crippen molar-refractivity contribution in [1.82, 2.24) is 4.72 Å². The third-order valence-corrected chi connectivity index (χ3v) is 3.43. The molecule has 0 fully saturated rings. The maximum atomic E-state index is 11.3. The highest BCUT2D eigenvalue weighted by atomic mass is 32.2. The molecule has 0 saturated carbocycles. The maximum Gasteiger partial charge on any atom is 0.304 e. The van der Waals surface area contributed by atoms with Crippen molar-refractivity contribution in [1.29, 1.82) is 0 Å². The first-order chi connectivity index (χ1) is 7.68. The van der Waals surface area contributed by atoms with Gasteiger partial charge in [-0.2, -0.15) is 0 Å². The molecule has 0 aromatic carbocycles. The van der Waals surface area contributed by atoms with Gasteiger partial charge in [0.15, 0.2) is 0 Å². The Morgan fingerprint density at radius 3 is 2.53 bits per heavy atom. The Bertz CT molecular complexity index is 337. The minimum Gasteiger partial charge on any atom is -0.481 e. The van der Waals surface area contributed by atoms with Crippen LogP contribution in [-0.2, 0) is 19.6 Å². The molecule has 0 aromatic rings. The van der Waals surface area contributed by atoms with Crippen molar-refractivity contribution in [3.8, 4) is 0 Å². The third kappa shape index (κ3) is 9.04. The van der Waals surface area contributed by atoms with Crippen molar-refractivity contribution >= 4 is 16.0 Å². The van der Waals surface area contributed by atoms with Gasteiger partial charge in [-0.3, -0.25) is 4.79 Å². The SMILES string of the molecule is COCCC(C)(O)CNS(=O)(=O)CCC(=O)O. The predicted molar refractivity (Wildman–Crippen MR) is 61.2 cm³/mol. The van der Waals surface area contributed by atoms with E-state index >= 15 is 0 Å². The van der Waals surface area contributed by atoms with Gasteiger partial charge in [0.2, 0.25) is 10.0 Å². The maximum absolute atomic E-state index is 11.3. The highest BCUT2D eigenvalue weighted by molar-refractivity contribution is 7.89. The summed E-state index contributed by atoms with van der Waals surface area (Å²) in [4.78, 5) is 10.2. The van der Waals surface area contributed by atoms with Gasteiger partial charge in [0.1, 0.15) is 0 Å². The highest BCUT2D eigenvalue weighted by Gasteiger charge is 2.23. The van der Waals surface area contributed by atoms with Gasteiger partial charge in [-0.1, -0.05) is 0 Å². The molecule has 0 aliphatic heterocycles. The Morgan fingerprint density at radius 2 is 2.06 bits per heavy atom. The van der Waals surface area contributed by atoms with Crippen LogP contribution in [0.25, 0.3) is 0 Å². The van der Waals surface area contributed by atoms with Gasteiger partial charge in [-0.05, 0) is 6.92 Å². The number of aliphatic carboxylic acids is 1. The van der Waals surface area contributed by atoms with Crippen LogP contribution in [0.15, 0.2) is 0 Å². The number of carboxylic acids is 1. The summed E-state index contributed by atoms with van der Waals surface area (Å²) in [6, 6.07) is 0. The second kappa shape index (κ2) is 6.90. The normalized spacial score (nSPS) is 15.5. The lowest BCUT2D eigenvalue weighted by atomic mass is 10.0. The lowest BCUT2D eigenvalue weighted by molar-refractivity contribution is -0.136. The summed E-state index contributed by atoms with van der Waals surface area (Å²) in [6.45, 7) is 1.62. The Kier molecular flexibility index (Phi) is 6.61. The fraction of sp³-hybridized carbons (Fsp3) is 0.889. The monoisotopic (exact) mass is 269 g/mol. The van der Waals surface area contributed by atoms with Crippen molar-refractivity contribution in [3.63, 3.8) is 0 Å². The molecule has 1 unspecified atom stereocenters. The van der Waals surface area contributed by atoms with Crippen molar-refractivity contribution in [2.45, 2.75) is 25.4 Å². The van der Waals surface area contributed by atoms with Crippen LogP contribution >= 0.6 is 0 Å². The van der Waals surface area contributed by atoms with Gasteiger partial charge >= 0.3 is 5.97 Å². The largest absolute Gasteiger partial charge is 0.481 e. The molecule has 0 rings (SSSR count). The molecule has 1 atom stereocenters. The molecular formula is C9H19NO6S. The summed E-state index contributed by atoms with van der Waals surface area (Å²) in [5.74, 6) is -1.68. The zero-order valence-electron chi connectivity index (χ0n) is 9.97. The number of hydrogen-bond acceptors (Lipinski definition) is 5. The van der Waals surface area contributed by atoms with Crippen LogP contribution in [-0.4, -0.2) is 56.2 Å². The molecule has 0 aliphatic carbocycles. The topological polar surface area (TPSA) is 113 Å². The predicted octanol–water partition coefficient (Wildman–Crippen LogP) is -0.832. The minimum atomic E-state index is -3.67. The number of nitrogens with one attached hydrogen (secondary N) is 1. The summed E-state index contributed by atoms with van der Waals surface area (Å²) in [5.41, 5.74) is -1.22. The van der Waals surface area contributed by atoms with Crippen LogP contribution in [0.2, 0.25) is 0 Å². The van der Waals surface area contributed by atoms with Crippen molar-refractivity contribution in [2.75, 3.05) is 26.0 Å². The minimum absolute atomic E-state index is 0.168. The van der Waals surface area contributed by atoms with Gasteiger partial charge in [-0.25, -0.2) is 13.1 Å². The first kappa shape index (κ1) is 16.3. The molecule has 0 saturated heterocycles. The quantitative estimate of drug-likeness (QED) is 0.503. The van der Waals surface area contributed by atoms with E-state index in [0.29, 0.717) is 6.61 Å². The van der Waals surface area contributed by atoms with Crippen LogP contribution in [0.3, 0.4) is 0 Å². The smallest absolute Gasteiger partial charge is 0.304 e. The first-order valence-corrected chi connectivity index (χ1v) is 6.74. The second-order valence-corrected chi connectivity index (χ2v) is 5.95. The third-order valence-electron chi connectivity index (χ3n) is 2.10. The van der Waals surface area contributed by atoms with Gasteiger partial charge in [0.25, 0.3) is 0 Å². The lowest BCUT2D eigenvalue weighted by Gasteiger charge is -2.23. The van der Waals surface area contributed by atoms with E-state index in [1.807, 2.05) is 0 Å². The Labute approximate surface area is 101 Å². The molecule has 0 bridgehead atoms. The Morgan fingerprint density at radius 1 is 1.47 bits per heavy atom. The van der Waals surface area contributed by atoms with E-state index in [9.17, 15) is 18.3 Å². The van der Waals surface area contributed by atoms with Crippen LogP contribution in [0.5, 0.6) is 0 Å². The van der Waals surface area contributed by atoms with Gasteiger partial charge in [0.05, 0.1) is 17.8 Å². The van der Waals surface area contributed by atoms with Crippen LogP contribution in [0, 0.1) is 0 Å². The Hall–Kier alpha value is -0.700. The molecule has 0 spiro atoms. The van der Waals surface area contributed by atoms with Crippen molar-refractivity contribution < 1.29 is 28.2 Å². The van der Waals surface area contributed by atoms with Crippen molar-refractivity contribution in [2.24, 2.45) is 0 Å². The van der Waals surface area contributed by atoms with E-state index in [-0.39, 0.29) is 13.0 Å². The molecule has 3 N–H and O–H groups in total. The van der Waals surface area contributed by atoms with E-state index in [0.717, 1.165) is 0 Å². The van der Waals surface area contributed by atoms with E-state index in [2.05, 4.69) is 4.72 Å². The van der Waals surface area contributed by atoms with Crippen molar-refractivity contribution in [3.05, 3.63) is 0 Å². The van der Waals surface area contributed by atoms with Crippen LogP contribution in [0.1, 0.15) is 19.8 Å². The molecule has 0 aromatic heterocycles. The van der Waals surface area contributed by atoms with Gasteiger partial charge < -0.3 is 14.9 Å². The number of carbonyl (C=O) groups is 1. The number of aliphatic hydroxyl groups is 1. The van der Waals surface area contributed by atoms with E-state index in [4.69, 9.17) is 9.84 Å². The van der Waals surface area contributed by atoms with E-state index < -0.39 is 33.8 Å². The molecule has 102 valence electrons. The molecule has 0 aliphatic rings. The number of hydrogen-bond donors (Lipinski definition) is 3. The molecule has 17 heavy (non-hydrogen) atoms. The number of ether oxygens (including phenoxy) is 1. The fourth-order valence-corrected chi connectivity index (χ4v) is 2.09. The number of rotatable bonds is 9. The molecule has 0 heterocycles. The van der Waals surface area contributed by atoms with Crippen LogP contribution < -0.4 is 4.72 Å². The Balaban J connectivity index is 4.12. The lowest BCUT2D eigenvalue weighted by Crippen LogP contribution is -2.42. The highest BCUT2D eigenvalue weighted by Crippen LogP contribution is 2.08. The zero-order chi connectivity index (χ0) is 13.5. The number of sulfonamides is 1. The summed E-state index contributed by atoms with van der Waals surface area (Å²) >= 11 is 0. The molecule has 8 heteroatoms. The van der Waals surface area contributed by atoms with Crippen LogP contribution in [0.4, 0.5) is 0 Å². The number of methoxy groups -OCH3 is 1. The van der Waals surface area contributed by atoms with E-state index in [1.165, 1.54) is 14.0 Å². The summed E-state index contributed by atoms with van der Waals surface area (Å²) in [7, 11) is -2.19. The molecule has 0 amide bonds. The number of carboxylic acid groups (broad SMARTS) is 1. The van der Waals surface area contributed by atoms with E-state index in [1.54, 1.807) is 0 Å². The average molecular weight is 269 g/mol. The van der Waals surface area contributed by atoms with Gasteiger partial charge in [-0.15, -0.1) is 0 Å². The zero-order valence-corrected chi connectivity index (χ0v) is 10.8.